The number of aromatic nitrogens is 3. The Morgan fingerprint density at radius 1 is 0.935 bits per heavy atom. The summed E-state index contributed by atoms with van der Waals surface area (Å²) in [5.41, 5.74) is 2.51. The predicted molar refractivity (Wildman–Crippen MR) is 169 cm³/mol. The van der Waals surface area contributed by atoms with E-state index in [1.807, 2.05) is 12.1 Å². The number of nitrogens with zero attached hydrogens (tertiary/aromatic N) is 3. The number of sulfonamides is 1. The Bertz CT molecular complexity index is 2120. The second-order valence-corrected chi connectivity index (χ2v) is 12.4. The highest BCUT2D eigenvalue weighted by atomic mass is 32.2. The molecule has 234 valence electrons. The summed E-state index contributed by atoms with van der Waals surface area (Å²) in [6, 6.07) is 22.1. The van der Waals surface area contributed by atoms with E-state index in [0.29, 0.717) is 22.6 Å². The Labute approximate surface area is 262 Å². The molecule has 0 aliphatic carbocycles. The first-order chi connectivity index (χ1) is 22.1. The van der Waals surface area contributed by atoms with Gasteiger partial charge < -0.3 is 14.7 Å². The molecule has 0 radical (unpaired) electrons. The van der Waals surface area contributed by atoms with Gasteiger partial charge in [-0.15, -0.1) is 0 Å². The van der Waals surface area contributed by atoms with Gasteiger partial charge in [-0.1, -0.05) is 36.4 Å². The van der Waals surface area contributed by atoms with Crippen molar-refractivity contribution in [3.63, 3.8) is 0 Å². The lowest BCUT2D eigenvalue weighted by atomic mass is 10.0. The van der Waals surface area contributed by atoms with Crippen LogP contribution >= 0.6 is 0 Å². The highest BCUT2D eigenvalue weighted by molar-refractivity contribution is 7.89. The number of halogens is 2. The molecule has 0 aliphatic heterocycles. The number of H-pyrrole nitrogens is 2. The average Bonchev–Trinajstić information content (AvgIpc) is 3.67. The first-order valence-electron chi connectivity index (χ1n) is 14.1. The molecule has 0 spiro atoms. The quantitative estimate of drug-likeness (QED) is 0.117. The second-order valence-electron chi connectivity index (χ2n) is 10.5. The maximum atomic E-state index is 14.3. The Kier molecular flexibility index (Phi) is 8.35. The Morgan fingerprint density at radius 3 is 2.37 bits per heavy atom. The standard InChI is InChI=1S/C33H27F2N5O5S/c1-45-26-12-13-28-27(18-26)23(19-36-28)14-15-39(46(43,44)30-11-3-2-10-29(30)40(41)42)20-31-37-32(21-6-4-8-24(34)16-21)33(38-31)22-7-5-9-25(35)17-22/h2-13,16-19,36H,14-15,20H2,1H3,(H,37,38). The van der Waals surface area contributed by atoms with Crippen LogP contribution in [0.15, 0.2) is 102 Å². The molecular weight excluding hydrogens is 616 g/mol. The van der Waals surface area contributed by atoms with E-state index in [1.54, 1.807) is 31.5 Å². The SMILES string of the molecule is COc1ccc2[nH]cc(CCN(Cc3nc(-c4cccc(F)c4)c(-c4cccc(F)c4)[nH]3)S(=O)(=O)c3ccccc3[N+](=O)[O-])c2c1. The number of nitro groups is 1. The number of nitrogens with one attached hydrogen (secondary N) is 2. The highest BCUT2D eigenvalue weighted by Gasteiger charge is 2.32. The maximum Gasteiger partial charge on any atom is 0.289 e. The number of ether oxygens (including phenoxy) is 1. The van der Waals surface area contributed by atoms with E-state index in [1.165, 1.54) is 54.6 Å². The summed E-state index contributed by atoms with van der Waals surface area (Å²) in [6.45, 7) is -0.401. The zero-order valence-corrected chi connectivity index (χ0v) is 25.2. The van der Waals surface area contributed by atoms with Crippen LogP contribution in [0.25, 0.3) is 33.4 Å². The molecule has 0 amide bonds. The summed E-state index contributed by atoms with van der Waals surface area (Å²) in [5.74, 6) is -0.220. The molecule has 6 rings (SSSR count). The molecule has 0 fully saturated rings. The van der Waals surface area contributed by atoms with Crippen molar-refractivity contribution < 1.29 is 26.9 Å². The molecule has 10 nitrogen and oxygen atoms in total. The van der Waals surface area contributed by atoms with E-state index >= 15 is 0 Å². The van der Waals surface area contributed by atoms with E-state index in [9.17, 15) is 27.3 Å². The Morgan fingerprint density at radius 2 is 1.65 bits per heavy atom. The van der Waals surface area contributed by atoms with Crippen molar-refractivity contribution in [2.75, 3.05) is 13.7 Å². The van der Waals surface area contributed by atoms with Gasteiger partial charge in [-0.25, -0.2) is 22.2 Å². The highest BCUT2D eigenvalue weighted by Crippen LogP contribution is 2.33. The second kappa shape index (κ2) is 12.5. The molecule has 0 bridgehead atoms. The third-order valence-electron chi connectivity index (χ3n) is 7.58. The fourth-order valence-electron chi connectivity index (χ4n) is 5.35. The Hall–Kier alpha value is -5.40. The van der Waals surface area contributed by atoms with Crippen LogP contribution in [0.2, 0.25) is 0 Å². The van der Waals surface area contributed by atoms with Gasteiger partial charge in [-0.05, 0) is 60.5 Å². The van der Waals surface area contributed by atoms with Crippen LogP contribution in [-0.2, 0) is 23.0 Å². The topological polar surface area (TPSA) is 134 Å². The zero-order valence-electron chi connectivity index (χ0n) is 24.4. The van der Waals surface area contributed by atoms with Crippen LogP contribution in [0, 0.1) is 21.7 Å². The number of nitro benzene ring substituents is 1. The van der Waals surface area contributed by atoms with Gasteiger partial charge in [0.25, 0.3) is 5.69 Å². The number of rotatable bonds is 11. The molecule has 6 aromatic rings. The van der Waals surface area contributed by atoms with Crippen molar-refractivity contribution in [3.05, 3.63) is 130 Å². The molecule has 0 atom stereocenters. The van der Waals surface area contributed by atoms with Crippen molar-refractivity contribution in [1.82, 2.24) is 19.3 Å². The van der Waals surface area contributed by atoms with Crippen molar-refractivity contribution >= 4 is 26.6 Å². The molecule has 2 heterocycles. The number of methoxy groups -OCH3 is 1. The normalized spacial score (nSPS) is 11.7. The van der Waals surface area contributed by atoms with Crippen LogP contribution < -0.4 is 4.74 Å². The van der Waals surface area contributed by atoms with Gasteiger partial charge in [-0.3, -0.25) is 10.1 Å². The number of hydrogen-bond acceptors (Lipinski definition) is 6. The van der Waals surface area contributed by atoms with Gasteiger partial charge >= 0.3 is 0 Å². The molecule has 0 saturated heterocycles. The summed E-state index contributed by atoms with van der Waals surface area (Å²) < 4.78 is 63.3. The third-order valence-corrected chi connectivity index (χ3v) is 9.47. The molecule has 2 N–H and O–H groups in total. The van der Waals surface area contributed by atoms with Crippen molar-refractivity contribution in [3.8, 4) is 28.3 Å². The minimum Gasteiger partial charge on any atom is -0.497 e. The lowest BCUT2D eigenvalue weighted by Gasteiger charge is -2.21. The summed E-state index contributed by atoms with van der Waals surface area (Å²) in [4.78, 5) is 21.6. The van der Waals surface area contributed by atoms with Gasteiger partial charge in [0.05, 0.1) is 30.0 Å². The van der Waals surface area contributed by atoms with E-state index in [2.05, 4.69) is 15.0 Å². The smallest absolute Gasteiger partial charge is 0.289 e. The van der Waals surface area contributed by atoms with E-state index in [4.69, 9.17) is 4.74 Å². The zero-order chi connectivity index (χ0) is 32.4. The minimum atomic E-state index is -4.46. The first kappa shape index (κ1) is 30.6. The van der Waals surface area contributed by atoms with Crippen LogP contribution in [0.5, 0.6) is 5.75 Å². The molecular formula is C33H27F2N5O5S. The number of fused-ring (bicyclic) bond motifs is 1. The molecule has 0 aliphatic rings. The van der Waals surface area contributed by atoms with Gasteiger partial charge in [0.1, 0.15) is 23.2 Å². The van der Waals surface area contributed by atoms with Gasteiger partial charge in [-0.2, -0.15) is 4.31 Å². The van der Waals surface area contributed by atoms with Crippen LogP contribution in [0.1, 0.15) is 11.4 Å². The number of hydrogen-bond donors (Lipinski definition) is 2. The van der Waals surface area contributed by atoms with Gasteiger partial charge in [0.2, 0.25) is 10.0 Å². The van der Waals surface area contributed by atoms with Crippen molar-refractivity contribution in [1.29, 1.82) is 0 Å². The first-order valence-corrected chi connectivity index (χ1v) is 15.6. The number of aromatic amines is 2. The number of imidazole rings is 1. The summed E-state index contributed by atoms with van der Waals surface area (Å²) in [7, 11) is -2.91. The van der Waals surface area contributed by atoms with Gasteiger partial charge in [0, 0.05) is 40.8 Å². The number of para-hydroxylation sites is 1. The van der Waals surface area contributed by atoms with E-state index < -0.39 is 37.2 Å². The van der Waals surface area contributed by atoms with Crippen LogP contribution in [0.3, 0.4) is 0 Å². The summed E-state index contributed by atoms with van der Waals surface area (Å²) in [5, 5.41) is 12.7. The van der Waals surface area contributed by atoms with Gasteiger partial charge in [0.15, 0.2) is 4.90 Å². The average molecular weight is 644 g/mol. The Balaban J connectivity index is 1.44. The molecule has 2 aromatic heterocycles. The predicted octanol–water partition coefficient (Wildman–Crippen LogP) is 6.85. The fourth-order valence-corrected chi connectivity index (χ4v) is 6.91. The molecule has 46 heavy (non-hydrogen) atoms. The van der Waals surface area contributed by atoms with Crippen molar-refractivity contribution in [2.24, 2.45) is 0 Å². The van der Waals surface area contributed by atoms with Crippen LogP contribution in [-0.4, -0.2) is 46.3 Å². The summed E-state index contributed by atoms with van der Waals surface area (Å²) >= 11 is 0. The minimum absolute atomic E-state index is 0.0795. The third kappa shape index (κ3) is 6.10. The molecule has 4 aromatic carbocycles. The number of benzene rings is 4. The lowest BCUT2D eigenvalue weighted by molar-refractivity contribution is -0.387. The monoisotopic (exact) mass is 643 g/mol. The largest absolute Gasteiger partial charge is 0.497 e. The molecule has 0 unspecified atom stereocenters. The maximum absolute atomic E-state index is 14.3. The summed E-state index contributed by atoms with van der Waals surface area (Å²) in [6.07, 6.45) is 2.01. The lowest BCUT2D eigenvalue weighted by Crippen LogP contribution is -2.33. The molecule has 0 saturated carbocycles. The van der Waals surface area contributed by atoms with E-state index in [-0.39, 0.29) is 31.0 Å². The molecule has 13 heteroatoms. The van der Waals surface area contributed by atoms with Crippen molar-refractivity contribution in [2.45, 2.75) is 17.9 Å². The van der Waals surface area contributed by atoms with E-state index in [0.717, 1.165) is 26.8 Å². The fraction of sp³-hybridized carbons (Fsp3) is 0.121. The van der Waals surface area contributed by atoms with Crippen LogP contribution in [0.4, 0.5) is 14.5 Å².